The minimum Gasteiger partial charge on any atom is -0.490 e. The van der Waals surface area contributed by atoms with E-state index in [1.165, 1.54) is 5.56 Å². The van der Waals surface area contributed by atoms with Crippen molar-refractivity contribution in [2.75, 3.05) is 58.7 Å². The van der Waals surface area contributed by atoms with Gasteiger partial charge in [-0.05, 0) is 84.7 Å². The number of hydrogen-bond acceptors (Lipinski definition) is 8. The second kappa shape index (κ2) is 12.7. The van der Waals surface area contributed by atoms with Gasteiger partial charge in [0, 0.05) is 55.1 Å². The molecule has 206 valence electrons. The number of carbonyl (C=O) groups is 1. The number of thiophene rings is 1. The van der Waals surface area contributed by atoms with Gasteiger partial charge in [-0.3, -0.25) is 15.1 Å². The second-order valence-electron chi connectivity index (χ2n) is 10.3. The van der Waals surface area contributed by atoms with E-state index >= 15 is 0 Å². The van der Waals surface area contributed by atoms with Crippen LogP contribution in [-0.2, 0) is 4.74 Å². The van der Waals surface area contributed by atoms with Gasteiger partial charge in [-0.1, -0.05) is 0 Å². The molecule has 3 heterocycles. The van der Waals surface area contributed by atoms with Crippen molar-refractivity contribution in [2.45, 2.75) is 25.0 Å². The zero-order valence-electron chi connectivity index (χ0n) is 22.4. The Morgan fingerprint density at radius 1 is 1.10 bits per heavy atom. The first kappa shape index (κ1) is 27.3. The summed E-state index contributed by atoms with van der Waals surface area (Å²) in [5.74, 6) is 0.627. The van der Waals surface area contributed by atoms with Crippen molar-refractivity contribution in [1.29, 1.82) is 5.41 Å². The summed E-state index contributed by atoms with van der Waals surface area (Å²) in [6.45, 7) is 5.64. The lowest BCUT2D eigenvalue weighted by atomic mass is 9.98. The molecule has 8 nitrogen and oxygen atoms in total. The van der Waals surface area contributed by atoms with E-state index in [4.69, 9.17) is 20.6 Å². The Labute approximate surface area is 234 Å². The maximum atomic E-state index is 13.2. The first-order valence-corrected chi connectivity index (χ1v) is 14.5. The average molecular weight is 548 g/mol. The molecular weight excluding hydrogens is 510 g/mol. The first-order chi connectivity index (χ1) is 19.0. The third-order valence-corrected chi connectivity index (χ3v) is 8.27. The Morgan fingerprint density at radius 2 is 1.82 bits per heavy atom. The normalized spacial score (nSPS) is 18.0. The topological polar surface area (TPSA) is 104 Å². The number of nitrogens with zero attached hydrogens (tertiary/aromatic N) is 2. The van der Waals surface area contributed by atoms with Gasteiger partial charge in [-0.15, -0.1) is 0 Å². The highest BCUT2D eigenvalue weighted by atomic mass is 32.1. The van der Waals surface area contributed by atoms with Crippen LogP contribution in [0, 0.1) is 5.41 Å². The summed E-state index contributed by atoms with van der Waals surface area (Å²) in [4.78, 5) is 17.9. The van der Waals surface area contributed by atoms with E-state index in [2.05, 4.69) is 39.0 Å². The standard InChI is InChI=1S/C30H37N5O3S/c1-34-11-8-25(9-12-34)38-24-5-2-21(3-6-24)29(32)26-18-22(4-7-27(26)31)30(36)33-19-28(23-10-17-39-20-23)35-13-15-37-16-14-35/h2-7,10,17-18,20,25,28,32H,8-9,11-16,19,31H2,1H3,(H,33,36). The van der Waals surface area contributed by atoms with Crippen molar-refractivity contribution in [3.63, 3.8) is 0 Å². The monoisotopic (exact) mass is 547 g/mol. The predicted octanol–water partition coefficient (Wildman–Crippen LogP) is 4.02. The number of benzene rings is 2. The number of morpholine rings is 1. The summed E-state index contributed by atoms with van der Waals surface area (Å²) in [6, 6.07) is 14.9. The average Bonchev–Trinajstić information content (AvgIpc) is 3.50. The number of piperidine rings is 1. The van der Waals surface area contributed by atoms with Gasteiger partial charge < -0.3 is 25.4 Å². The quantitative estimate of drug-likeness (QED) is 0.276. The largest absolute Gasteiger partial charge is 0.490 e. The fourth-order valence-electron chi connectivity index (χ4n) is 5.17. The molecule has 2 aliphatic heterocycles. The summed E-state index contributed by atoms with van der Waals surface area (Å²) in [7, 11) is 2.13. The number of nitrogens with one attached hydrogen (secondary N) is 2. The van der Waals surface area contributed by atoms with Gasteiger partial charge in [0.05, 0.1) is 25.0 Å². The first-order valence-electron chi connectivity index (χ1n) is 13.5. The number of nitrogens with two attached hydrogens (primary N) is 1. The Bertz CT molecular complexity index is 1250. The maximum absolute atomic E-state index is 13.2. The summed E-state index contributed by atoms with van der Waals surface area (Å²) in [5.41, 5.74) is 9.94. The molecule has 1 amide bonds. The van der Waals surface area contributed by atoms with Crippen LogP contribution in [0.15, 0.2) is 59.3 Å². The van der Waals surface area contributed by atoms with Crippen LogP contribution >= 0.6 is 11.3 Å². The molecule has 1 unspecified atom stereocenters. The zero-order valence-corrected chi connectivity index (χ0v) is 23.2. The molecule has 0 bridgehead atoms. The number of likely N-dealkylation sites (tertiary alicyclic amines) is 1. The highest BCUT2D eigenvalue weighted by Crippen LogP contribution is 2.25. The zero-order chi connectivity index (χ0) is 27.2. The highest BCUT2D eigenvalue weighted by molar-refractivity contribution is 7.08. The van der Waals surface area contributed by atoms with E-state index < -0.39 is 0 Å². The van der Waals surface area contributed by atoms with Crippen LogP contribution in [0.1, 0.15) is 45.9 Å². The maximum Gasteiger partial charge on any atom is 0.251 e. The predicted molar refractivity (Wildman–Crippen MR) is 156 cm³/mol. The molecule has 5 rings (SSSR count). The van der Waals surface area contributed by atoms with Gasteiger partial charge in [0.25, 0.3) is 5.91 Å². The molecule has 4 N–H and O–H groups in total. The molecule has 2 fully saturated rings. The smallest absolute Gasteiger partial charge is 0.251 e. The molecule has 0 spiro atoms. The summed E-state index contributed by atoms with van der Waals surface area (Å²) < 4.78 is 11.7. The van der Waals surface area contributed by atoms with Crippen LogP contribution in [0.4, 0.5) is 5.69 Å². The minimum absolute atomic E-state index is 0.0888. The van der Waals surface area contributed by atoms with E-state index in [9.17, 15) is 4.79 Å². The molecule has 2 aliphatic rings. The molecule has 1 atom stereocenters. The molecule has 3 aromatic rings. The number of anilines is 1. The molecule has 0 aliphatic carbocycles. The molecule has 0 saturated carbocycles. The molecule has 39 heavy (non-hydrogen) atoms. The van der Waals surface area contributed by atoms with Gasteiger partial charge >= 0.3 is 0 Å². The Hall–Kier alpha value is -3.24. The number of rotatable bonds is 9. The van der Waals surface area contributed by atoms with Crippen molar-refractivity contribution in [3.05, 3.63) is 81.5 Å². The van der Waals surface area contributed by atoms with Crippen molar-refractivity contribution in [1.82, 2.24) is 15.1 Å². The fourth-order valence-corrected chi connectivity index (χ4v) is 5.87. The second-order valence-corrected chi connectivity index (χ2v) is 11.0. The Balaban J connectivity index is 1.24. The van der Waals surface area contributed by atoms with Gasteiger partial charge in [0.1, 0.15) is 11.9 Å². The van der Waals surface area contributed by atoms with E-state index in [0.717, 1.165) is 50.3 Å². The van der Waals surface area contributed by atoms with Gasteiger partial charge in [0.15, 0.2) is 0 Å². The van der Waals surface area contributed by atoms with Crippen LogP contribution in [0.25, 0.3) is 0 Å². The molecule has 2 saturated heterocycles. The summed E-state index contributed by atoms with van der Waals surface area (Å²) in [5, 5.41) is 16.1. The van der Waals surface area contributed by atoms with E-state index in [0.29, 0.717) is 36.6 Å². The lowest BCUT2D eigenvalue weighted by Crippen LogP contribution is -2.43. The van der Waals surface area contributed by atoms with Gasteiger partial charge in [-0.25, -0.2) is 0 Å². The molecule has 1 aromatic heterocycles. The Kier molecular flexibility index (Phi) is 8.93. The third kappa shape index (κ3) is 6.86. The fraction of sp³-hybridized carbons (Fsp3) is 0.400. The van der Waals surface area contributed by atoms with E-state index in [-0.39, 0.29) is 23.8 Å². The SMILES string of the molecule is CN1CCC(Oc2ccc(C(=N)c3cc(C(=O)NCC(c4ccsc4)N4CCOCC4)ccc3N)cc2)CC1. The lowest BCUT2D eigenvalue weighted by Gasteiger charge is -2.34. The number of nitrogen functional groups attached to an aromatic ring is 1. The van der Waals surface area contributed by atoms with E-state index in [1.54, 1.807) is 29.5 Å². The molecule has 2 aromatic carbocycles. The molecule has 0 radical (unpaired) electrons. The highest BCUT2D eigenvalue weighted by Gasteiger charge is 2.24. The van der Waals surface area contributed by atoms with Gasteiger partial charge in [-0.2, -0.15) is 11.3 Å². The molecule has 9 heteroatoms. The van der Waals surface area contributed by atoms with Crippen molar-refractivity contribution >= 4 is 28.6 Å². The molecular formula is C30H37N5O3S. The Morgan fingerprint density at radius 3 is 2.51 bits per heavy atom. The van der Waals surface area contributed by atoms with Crippen LogP contribution in [0.3, 0.4) is 0 Å². The van der Waals surface area contributed by atoms with Crippen LogP contribution in [0.2, 0.25) is 0 Å². The number of ether oxygens (including phenoxy) is 2. The number of hydrogen-bond donors (Lipinski definition) is 3. The van der Waals surface area contributed by atoms with Crippen LogP contribution in [0.5, 0.6) is 5.75 Å². The van der Waals surface area contributed by atoms with Crippen molar-refractivity contribution in [2.24, 2.45) is 0 Å². The summed E-state index contributed by atoms with van der Waals surface area (Å²) >= 11 is 1.66. The van der Waals surface area contributed by atoms with Gasteiger partial charge in [0.2, 0.25) is 0 Å². The van der Waals surface area contributed by atoms with Crippen LogP contribution in [-0.4, -0.2) is 80.5 Å². The summed E-state index contributed by atoms with van der Waals surface area (Å²) in [6.07, 6.45) is 2.25. The van der Waals surface area contributed by atoms with Crippen LogP contribution < -0.4 is 15.8 Å². The minimum atomic E-state index is -0.181. The third-order valence-electron chi connectivity index (χ3n) is 7.57. The van der Waals surface area contributed by atoms with Crippen molar-refractivity contribution in [3.8, 4) is 5.75 Å². The van der Waals surface area contributed by atoms with E-state index in [1.807, 2.05) is 24.3 Å². The van der Waals surface area contributed by atoms with Crippen molar-refractivity contribution < 1.29 is 14.3 Å². The number of amides is 1. The lowest BCUT2D eigenvalue weighted by molar-refractivity contribution is 0.0163. The number of carbonyl (C=O) groups excluding carboxylic acids is 1.